The molecule has 0 saturated heterocycles. The van der Waals surface area contributed by atoms with Gasteiger partial charge < -0.3 is 0 Å². The minimum absolute atomic E-state index is 0.240. The van der Waals surface area contributed by atoms with E-state index in [9.17, 15) is 0 Å². The van der Waals surface area contributed by atoms with Crippen molar-refractivity contribution in [3.05, 3.63) is 47.0 Å². The Kier molecular flexibility index (Phi) is 2.69. The minimum atomic E-state index is 0.240. The molecule has 0 amide bonds. The molecule has 0 radical (unpaired) electrons. The summed E-state index contributed by atoms with van der Waals surface area (Å²) in [7, 11) is 0. The number of aryl methyl sites for hydroxylation is 2. The lowest BCUT2D eigenvalue weighted by molar-refractivity contribution is 0.591. The Morgan fingerprint density at radius 1 is 0.778 bits per heavy atom. The Labute approximate surface area is 110 Å². The van der Waals surface area contributed by atoms with Gasteiger partial charge in [-0.15, -0.1) is 0 Å². The maximum absolute atomic E-state index is 2.43. The van der Waals surface area contributed by atoms with Crippen LogP contribution < -0.4 is 0 Å². The van der Waals surface area contributed by atoms with Gasteiger partial charge in [-0.3, -0.25) is 0 Å². The number of hydrogen-bond donors (Lipinski definition) is 0. The largest absolute Gasteiger partial charge is 0.0579 e. The Hall–Kier alpha value is -1.30. The fourth-order valence-electron chi connectivity index (χ4n) is 2.95. The zero-order chi connectivity index (χ0) is 12.8. The van der Waals surface area contributed by atoms with E-state index >= 15 is 0 Å². The van der Waals surface area contributed by atoms with Crippen LogP contribution in [0.5, 0.6) is 0 Å². The van der Waals surface area contributed by atoms with Crippen molar-refractivity contribution in [1.29, 1.82) is 0 Å². The quantitative estimate of drug-likeness (QED) is 0.605. The molecule has 0 atom stereocenters. The Morgan fingerprint density at radius 2 is 1.39 bits per heavy atom. The third-order valence-corrected chi connectivity index (χ3v) is 4.17. The van der Waals surface area contributed by atoms with Gasteiger partial charge in [-0.05, 0) is 58.6 Å². The average Bonchev–Trinajstić information content (AvgIpc) is 2.34. The van der Waals surface area contributed by atoms with Gasteiger partial charge in [0, 0.05) is 0 Å². The van der Waals surface area contributed by atoms with Crippen LogP contribution in [0.1, 0.15) is 50.3 Å². The van der Waals surface area contributed by atoms with Gasteiger partial charge in [0.05, 0.1) is 0 Å². The summed E-state index contributed by atoms with van der Waals surface area (Å²) in [6.07, 6.45) is 5.26. The van der Waals surface area contributed by atoms with E-state index < -0.39 is 0 Å². The van der Waals surface area contributed by atoms with E-state index in [2.05, 4.69) is 51.1 Å². The van der Waals surface area contributed by atoms with E-state index in [-0.39, 0.29) is 5.41 Å². The fourth-order valence-corrected chi connectivity index (χ4v) is 2.95. The van der Waals surface area contributed by atoms with Crippen LogP contribution in [0.3, 0.4) is 0 Å². The standard InChI is InChI=1S/C18H22/c1-18(2,3)17-9-8-15-10-13-6-4-5-7-14(13)11-16(15)12-17/h8-12H,4-7H2,1-3H3. The number of rotatable bonds is 0. The van der Waals surface area contributed by atoms with Crippen molar-refractivity contribution in [3.63, 3.8) is 0 Å². The van der Waals surface area contributed by atoms with Gasteiger partial charge in [-0.25, -0.2) is 0 Å². The number of benzene rings is 2. The fraction of sp³-hybridized carbons (Fsp3) is 0.444. The van der Waals surface area contributed by atoms with Crippen molar-refractivity contribution < 1.29 is 0 Å². The highest BCUT2D eigenvalue weighted by Crippen LogP contribution is 2.30. The van der Waals surface area contributed by atoms with E-state index in [0.29, 0.717) is 0 Å². The maximum atomic E-state index is 2.43. The molecule has 3 rings (SSSR count). The van der Waals surface area contributed by atoms with Gasteiger partial charge in [-0.1, -0.05) is 51.1 Å². The van der Waals surface area contributed by atoms with E-state index in [1.165, 1.54) is 42.0 Å². The van der Waals surface area contributed by atoms with E-state index in [1.807, 2.05) is 0 Å². The third kappa shape index (κ3) is 2.05. The van der Waals surface area contributed by atoms with Crippen LogP contribution in [0.4, 0.5) is 0 Å². The molecule has 0 unspecified atom stereocenters. The summed E-state index contributed by atoms with van der Waals surface area (Å²) in [5.74, 6) is 0. The first-order chi connectivity index (χ1) is 8.54. The van der Waals surface area contributed by atoms with Crippen LogP contribution in [0.15, 0.2) is 30.3 Å². The molecule has 0 bridgehead atoms. The lowest BCUT2D eigenvalue weighted by Crippen LogP contribution is -2.10. The van der Waals surface area contributed by atoms with Gasteiger partial charge >= 0.3 is 0 Å². The van der Waals surface area contributed by atoms with Crippen LogP contribution >= 0.6 is 0 Å². The first kappa shape index (κ1) is 11.8. The Balaban J connectivity index is 2.16. The van der Waals surface area contributed by atoms with Crippen LogP contribution in [0, 0.1) is 0 Å². The molecule has 0 heterocycles. The minimum Gasteiger partial charge on any atom is -0.0579 e. The van der Waals surface area contributed by atoms with E-state index in [0.717, 1.165) is 0 Å². The topological polar surface area (TPSA) is 0 Å². The first-order valence-electron chi connectivity index (χ1n) is 7.10. The lowest BCUT2D eigenvalue weighted by Gasteiger charge is -2.21. The Bertz CT molecular complexity index is 585. The normalized spacial score (nSPS) is 15.7. The second kappa shape index (κ2) is 4.12. The molecule has 0 spiro atoms. The summed E-state index contributed by atoms with van der Waals surface area (Å²) in [5, 5.41) is 2.83. The van der Waals surface area contributed by atoms with Crippen LogP contribution in [0.2, 0.25) is 0 Å². The SMILES string of the molecule is CC(C)(C)c1ccc2cc3c(cc2c1)CCCC3. The van der Waals surface area contributed by atoms with Crippen LogP contribution in [-0.2, 0) is 18.3 Å². The van der Waals surface area contributed by atoms with Crippen molar-refractivity contribution in [1.82, 2.24) is 0 Å². The van der Waals surface area contributed by atoms with Gasteiger partial charge in [0.25, 0.3) is 0 Å². The molecule has 0 heteroatoms. The smallest absolute Gasteiger partial charge is 0.0132 e. The van der Waals surface area contributed by atoms with Crippen molar-refractivity contribution in [2.75, 3.05) is 0 Å². The number of fused-ring (bicyclic) bond motifs is 2. The second-order valence-corrected chi connectivity index (χ2v) is 6.64. The molecular formula is C18H22. The Morgan fingerprint density at radius 3 is 2.00 bits per heavy atom. The lowest BCUT2D eigenvalue weighted by atomic mass is 9.84. The molecule has 0 aliphatic heterocycles. The van der Waals surface area contributed by atoms with E-state index in [4.69, 9.17) is 0 Å². The van der Waals surface area contributed by atoms with Gasteiger partial charge in [0.15, 0.2) is 0 Å². The third-order valence-electron chi connectivity index (χ3n) is 4.17. The van der Waals surface area contributed by atoms with Crippen molar-refractivity contribution in [3.8, 4) is 0 Å². The average molecular weight is 238 g/mol. The van der Waals surface area contributed by atoms with Crippen molar-refractivity contribution >= 4 is 10.8 Å². The van der Waals surface area contributed by atoms with Crippen molar-refractivity contribution in [2.45, 2.75) is 51.9 Å². The molecule has 0 aromatic heterocycles. The van der Waals surface area contributed by atoms with E-state index in [1.54, 1.807) is 11.1 Å². The second-order valence-electron chi connectivity index (χ2n) is 6.64. The summed E-state index contributed by atoms with van der Waals surface area (Å²) in [4.78, 5) is 0. The maximum Gasteiger partial charge on any atom is -0.0132 e. The van der Waals surface area contributed by atoms with Crippen LogP contribution in [0.25, 0.3) is 10.8 Å². The molecule has 94 valence electrons. The highest BCUT2D eigenvalue weighted by molar-refractivity contribution is 5.85. The summed E-state index contributed by atoms with van der Waals surface area (Å²) in [6.45, 7) is 6.85. The number of hydrogen-bond acceptors (Lipinski definition) is 0. The highest BCUT2D eigenvalue weighted by Gasteiger charge is 2.15. The highest BCUT2D eigenvalue weighted by atomic mass is 14.2. The van der Waals surface area contributed by atoms with Crippen LogP contribution in [-0.4, -0.2) is 0 Å². The van der Waals surface area contributed by atoms with Gasteiger partial charge in [-0.2, -0.15) is 0 Å². The molecule has 0 nitrogen and oxygen atoms in total. The molecule has 2 aromatic rings. The molecule has 1 aliphatic carbocycles. The van der Waals surface area contributed by atoms with Crippen molar-refractivity contribution in [2.24, 2.45) is 0 Å². The molecule has 0 N–H and O–H groups in total. The predicted octanol–water partition coefficient (Wildman–Crippen LogP) is 5.02. The molecule has 1 aliphatic rings. The molecule has 18 heavy (non-hydrogen) atoms. The van der Waals surface area contributed by atoms with Gasteiger partial charge in [0.1, 0.15) is 0 Å². The summed E-state index contributed by atoms with van der Waals surface area (Å²) >= 11 is 0. The molecule has 0 saturated carbocycles. The summed E-state index contributed by atoms with van der Waals surface area (Å²) < 4.78 is 0. The predicted molar refractivity (Wildman–Crippen MR) is 79.3 cm³/mol. The molecular weight excluding hydrogens is 216 g/mol. The monoisotopic (exact) mass is 238 g/mol. The zero-order valence-corrected chi connectivity index (χ0v) is 11.7. The molecule has 2 aromatic carbocycles. The van der Waals surface area contributed by atoms with Gasteiger partial charge in [0.2, 0.25) is 0 Å². The summed E-state index contributed by atoms with van der Waals surface area (Å²) in [6, 6.07) is 11.8. The molecule has 0 fully saturated rings. The summed E-state index contributed by atoms with van der Waals surface area (Å²) in [5.41, 5.74) is 4.84. The zero-order valence-electron chi connectivity index (χ0n) is 11.7. The first-order valence-corrected chi connectivity index (χ1v) is 7.10.